The molecule has 1 aliphatic rings. The Bertz CT molecular complexity index is 472. The van der Waals surface area contributed by atoms with Gasteiger partial charge >= 0.3 is 0 Å². The van der Waals surface area contributed by atoms with Gasteiger partial charge in [-0.1, -0.05) is 30.3 Å². The van der Waals surface area contributed by atoms with E-state index in [-0.39, 0.29) is 18.4 Å². The van der Waals surface area contributed by atoms with E-state index in [9.17, 15) is 13.5 Å². The zero-order valence-electron chi connectivity index (χ0n) is 10.3. The molecule has 1 atom stereocenters. The minimum absolute atomic E-state index is 0.131. The van der Waals surface area contributed by atoms with Crippen molar-refractivity contribution in [3.05, 3.63) is 35.9 Å². The van der Waals surface area contributed by atoms with Crippen molar-refractivity contribution >= 4 is 10.0 Å². The predicted molar refractivity (Wildman–Crippen MR) is 70.7 cm³/mol. The van der Waals surface area contributed by atoms with Gasteiger partial charge < -0.3 is 5.11 Å². The summed E-state index contributed by atoms with van der Waals surface area (Å²) in [5, 5.41) is 9.47. The van der Waals surface area contributed by atoms with Crippen molar-refractivity contribution in [3.63, 3.8) is 0 Å². The van der Waals surface area contributed by atoms with Gasteiger partial charge in [0.05, 0.1) is 18.4 Å². The molecule has 0 aliphatic carbocycles. The van der Waals surface area contributed by atoms with Gasteiger partial charge in [0, 0.05) is 6.54 Å². The average Bonchev–Trinajstić information content (AvgIpc) is 2.37. The largest absolute Gasteiger partial charge is 0.395 e. The second-order valence-electron chi connectivity index (χ2n) is 4.66. The van der Waals surface area contributed by atoms with Gasteiger partial charge in [0.1, 0.15) is 0 Å². The summed E-state index contributed by atoms with van der Waals surface area (Å²) < 4.78 is 25.4. The highest BCUT2D eigenvalue weighted by atomic mass is 32.2. The summed E-state index contributed by atoms with van der Waals surface area (Å²) in [6, 6.07) is 9.36. The van der Waals surface area contributed by atoms with Crippen LogP contribution in [0.1, 0.15) is 18.4 Å². The molecular weight excluding hydrogens is 250 g/mol. The summed E-state index contributed by atoms with van der Waals surface area (Å²) in [6.07, 6.45) is 2.17. The van der Waals surface area contributed by atoms with E-state index >= 15 is 0 Å². The minimum atomic E-state index is -3.18. The lowest BCUT2D eigenvalue weighted by molar-refractivity contribution is 0.180. The lowest BCUT2D eigenvalue weighted by atomic mass is 10.1. The molecule has 1 N–H and O–H groups in total. The highest BCUT2D eigenvalue weighted by molar-refractivity contribution is 7.89. The lowest BCUT2D eigenvalue weighted by Crippen LogP contribution is -2.47. The Labute approximate surface area is 108 Å². The third-order valence-electron chi connectivity index (χ3n) is 3.32. The third kappa shape index (κ3) is 3.10. The molecule has 5 heteroatoms. The first-order valence-electron chi connectivity index (χ1n) is 6.28. The van der Waals surface area contributed by atoms with Crippen LogP contribution in [0, 0.1) is 0 Å². The number of benzene rings is 1. The van der Waals surface area contributed by atoms with E-state index in [0.29, 0.717) is 13.0 Å². The number of aliphatic hydroxyl groups excluding tert-OH is 1. The first kappa shape index (κ1) is 13.5. The first-order chi connectivity index (χ1) is 8.63. The van der Waals surface area contributed by atoms with Crippen LogP contribution in [-0.2, 0) is 16.4 Å². The van der Waals surface area contributed by atoms with Crippen molar-refractivity contribution in [1.82, 2.24) is 4.31 Å². The van der Waals surface area contributed by atoms with E-state index in [4.69, 9.17) is 0 Å². The standard InChI is InChI=1S/C13H19NO3S/c15-11-13(10-12-6-2-1-3-7-12)14-8-4-5-9-18(14,16)17/h1-3,6-7,13,15H,4-5,8-11H2. The molecule has 18 heavy (non-hydrogen) atoms. The molecule has 0 amide bonds. The molecule has 1 aromatic rings. The molecule has 0 aromatic heterocycles. The molecule has 100 valence electrons. The summed E-state index contributed by atoms with van der Waals surface area (Å²) in [7, 11) is -3.18. The Morgan fingerprint density at radius 3 is 2.56 bits per heavy atom. The number of sulfonamides is 1. The average molecular weight is 269 g/mol. The molecule has 1 saturated heterocycles. The van der Waals surface area contributed by atoms with Crippen LogP contribution in [0.4, 0.5) is 0 Å². The summed E-state index contributed by atoms with van der Waals surface area (Å²) >= 11 is 0. The van der Waals surface area contributed by atoms with Gasteiger partial charge in [-0.05, 0) is 24.8 Å². The second-order valence-corrected chi connectivity index (χ2v) is 6.70. The number of rotatable bonds is 4. The maximum atomic E-state index is 12.0. The van der Waals surface area contributed by atoms with Gasteiger partial charge in [0.2, 0.25) is 10.0 Å². The Kier molecular flexibility index (Phi) is 4.37. The number of nitrogens with zero attached hydrogens (tertiary/aromatic N) is 1. The van der Waals surface area contributed by atoms with E-state index in [1.54, 1.807) is 0 Å². The maximum absolute atomic E-state index is 12.0. The van der Waals surface area contributed by atoms with Gasteiger partial charge in [0.15, 0.2) is 0 Å². The van der Waals surface area contributed by atoms with Crippen LogP contribution in [0.3, 0.4) is 0 Å². The van der Waals surface area contributed by atoms with E-state index < -0.39 is 10.0 Å². The predicted octanol–water partition coefficient (Wildman–Crippen LogP) is 1.02. The van der Waals surface area contributed by atoms with Crippen LogP contribution >= 0.6 is 0 Å². The Morgan fingerprint density at radius 2 is 1.94 bits per heavy atom. The molecule has 1 aromatic carbocycles. The van der Waals surface area contributed by atoms with Gasteiger partial charge in [-0.15, -0.1) is 0 Å². The number of aliphatic hydroxyl groups is 1. The van der Waals surface area contributed by atoms with E-state index in [1.807, 2.05) is 30.3 Å². The Balaban J connectivity index is 2.13. The molecule has 0 saturated carbocycles. The van der Waals surface area contributed by atoms with Crippen molar-refractivity contribution in [2.75, 3.05) is 18.9 Å². The molecule has 4 nitrogen and oxygen atoms in total. The maximum Gasteiger partial charge on any atom is 0.214 e. The smallest absolute Gasteiger partial charge is 0.214 e. The second kappa shape index (κ2) is 5.82. The molecule has 1 heterocycles. The summed E-state index contributed by atoms with van der Waals surface area (Å²) in [4.78, 5) is 0. The molecule has 0 bridgehead atoms. The zero-order valence-corrected chi connectivity index (χ0v) is 11.1. The van der Waals surface area contributed by atoms with Crippen molar-refractivity contribution in [1.29, 1.82) is 0 Å². The topological polar surface area (TPSA) is 57.6 Å². The van der Waals surface area contributed by atoms with Gasteiger partial charge in [-0.3, -0.25) is 0 Å². The molecule has 1 fully saturated rings. The SMILES string of the molecule is O=S1(=O)CCCCN1C(CO)Cc1ccccc1. The molecule has 0 radical (unpaired) electrons. The molecule has 1 unspecified atom stereocenters. The van der Waals surface area contributed by atoms with Crippen LogP contribution < -0.4 is 0 Å². The third-order valence-corrected chi connectivity index (χ3v) is 5.32. The Morgan fingerprint density at radius 1 is 1.22 bits per heavy atom. The van der Waals surface area contributed by atoms with Crippen LogP contribution in [0.2, 0.25) is 0 Å². The van der Waals surface area contributed by atoms with Crippen LogP contribution in [-0.4, -0.2) is 42.8 Å². The highest BCUT2D eigenvalue weighted by Crippen LogP contribution is 2.19. The van der Waals surface area contributed by atoms with Crippen molar-refractivity contribution in [2.24, 2.45) is 0 Å². The van der Waals surface area contributed by atoms with Gasteiger partial charge in [-0.25, -0.2) is 8.42 Å². The summed E-state index contributed by atoms with van der Waals surface area (Å²) in [5.41, 5.74) is 1.05. The van der Waals surface area contributed by atoms with Crippen molar-refractivity contribution in [3.8, 4) is 0 Å². The fraction of sp³-hybridized carbons (Fsp3) is 0.538. The number of hydrogen-bond donors (Lipinski definition) is 1. The van der Waals surface area contributed by atoms with Crippen LogP contribution in [0.5, 0.6) is 0 Å². The zero-order chi connectivity index (χ0) is 13.0. The van der Waals surface area contributed by atoms with Crippen molar-refractivity contribution in [2.45, 2.75) is 25.3 Å². The fourth-order valence-corrected chi connectivity index (χ4v) is 4.17. The summed E-state index contributed by atoms with van der Waals surface area (Å²) in [5.74, 6) is 0.207. The van der Waals surface area contributed by atoms with Crippen LogP contribution in [0.25, 0.3) is 0 Å². The fourth-order valence-electron chi connectivity index (χ4n) is 2.36. The van der Waals surface area contributed by atoms with Crippen molar-refractivity contribution < 1.29 is 13.5 Å². The highest BCUT2D eigenvalue weighted by Gasteiger charge is 2.31. The first-order valence-corrected chi connectivity index (χ1v) is 7.89. The Hall–Kier alpha value is -0.910. The number of hydrogen-bond acceptors (Lipinski definition) is 3. The molecule has 1 aliphatic heterocycles. The van der Waals surface area contributed by atoms with E-state index in [2.05, 4.69) is 0 Å². The van der Waals surface area contributed by atoms with Gasteiger partial charge in [0.25, 0.3) is 0 Å². The van der Waals surface area contributed by atoms with E-state index in [1.165, 1.54) is 4.31 Å². The normalized spacial score (nSPS) is 21.6. The lowest BCUT2D eigenvalue weighted by Gasteiger charge is -2.32. The minimum Gasteiger partial charge on any atom is -0.395 e. The molecule has 0 spiro atoms. The quantitative estimate of drug-likeness (QED) is 0.887. The van der Waals surface area contributed by atoms with E-state index in [0.717, 1.165) is 18.4 Å². The monoisotopic (exact) mass is 269 g/mol. The van der Waals surface area contributed by atoms with Crippen LogP contribution in [0.15, 0.2) is 30.3 Å². The summed E-state index contributed by atoms with van der Waals surface area (Å²) in [6.45, 7) is 0.397. The molecule has 2 rings (SSSR count). The van der Waals surface area contributed by atoms with Gasteiger partial charge in [-0.2, -0.15) is 4.31 Å². The molecular formula is C13H19NO3S.